The monoisotopic (exact) mass is 267 g/mol. The van der Waals surface area contributed by atoms with Gasteiger partial charge in [-0.25, -0.2) is 4.79 Å². The summed E-state index contributed by atoms with van der Waals surface area (Å²) in [5.74, 6) is -0.829. The Kier molecular flexibility index (Phi) is 3.66. The summed E-state index contributed by atoms with van der Waals surface area (Å²) in [6.07, 6.45) is 4.89. The van der Waals surface area contributed by atoms with Crippen LogP contribution in [-0.4, -0.2) is 24.2 Å². The normalized spacial score (nSPS) is 19.7. The smallest absolute Gasteiger partial charge is 0.345 e. The van der Waals surface area contributed by atoms with Crippen molar-refractivity contribution in [1.29, 1.82) is 0 Å². The van der Waals surface area contributed by atoms with Crippen molar-refractivity contribution in [2.45, 2.75) is 45.6 Å². The average Bonchev–Trinajstić information content (AvgIpc) is 2.77. The van der Waals surface area contributed by atoms with E-state index in [2.05, 4.69) is 25.8 Å². The number of rotatable bonds is 3. The molecule has 3 nitrogen and oxygen atoms in total. The molecule has 18 heavy (non-hydrogen) atoms. The molecule has 100 valence electrons. The zero-order valence-corrected chi connectivity index (χ0v) is 12.1. The van der Waals surface area contributed by atoms with Gasteiger partial charge in [0.25, 0.3) is 0 Å². The highest BCUT2D eigenvalue weighted by atomic mass is 32.1. The standard InChI is InChI=1S/C14H21NO2S/c1-14(2)6-4-10(5-7-14)15(3)11-8-12(13(16)17)18-9-11/h8-10H,4-7H2,1-3H3,(H,16,17). The molecule has 0 radical (unpaired) electrons. The van der Waals surface area contributed by atoms with Gasteiger partial charge in [-0.1, -0.05) is 13.8 Å². The zero-order chi connectivity index (χ0) is 13.3. The lowest BCUT2D eigenvalue weighted by atomic mass is 9.75. The third-order valence-electron chi connectivity index (χ3n) is 4.06. The van der Waals surface area contributed by atoms with Crippen molar-refractivity contribution in [2.75, 3.05) is 11.9 Å². The van der Waals surface area contributed by atoms with Crippen LogP contribution in [-0.2, 0) is 0 Å². The Morgan fingerprint density at radius 1 is 1.44 bits per heavy atom. The first kappa shape index (κ1) is 13.4. The van der Waals surface area contributed by atoms with Crippen molar-refractivity contribution in [3.63, 3.8) is 0 Å². The van der Waals surface area contributed by atoms with E-state index in [1.807, 2.05) is 5.38 Å². The minimum atomic E-state index is -0.829. The predicted molar refractivity (Wildman–Crippen MR) is 75.7 cm³/mol. The van der Waals surface area contributed by atoms with Crippen LogP contribution < -0.4 is 4.90 Å². The predicted octanol–water partition coefficient (Wildman–Crippen LogP) is 3.85. The molecular weight excluding hydrogens is 246 g/mol. The summed E-state index contributed by atoms with van der Waals surface area (Å²) < 4.78 is 0. The summed E-state index contributed by atoms with van der Waals surface area (Å²) in [6, 6.07) is 2.33. The van der Waals surface area contributed by atoms with E-state index in [1.54, 1.807) is 6.07 Å². The van der Waals surface area contributed by atoms with Crippen LogP contribution >= 0.6 is 11.3 Å². The van der Waals surface area contributed by atoms with Crippen LogP contribution in [0.25, 0.3) is 0 Å². The number of carboxylic acids is 1. The SMILES string of the molecule is CN(c1csc(C(=O)O)c1)C1CCC(C)(C)CC1. The maximum absolute atomic E-state index is 10.9. The minimum absolute atomic E-state index is 0.424. The number of hydrogen-bond donors (Lipinski definition) is 1. The van der Waals surface area contributed by atoms with Gasteiger partial charge < -0.3 is 10.0 Å². The first-order chi connectivity index (χ1) is 8.39. The summed E-state index contributed by atoms with van der Waals surface area (Å²) >= 11 is 1.31. The Bertz CT molecular complexity index is 429. The molecule has 0 amide bonds. The van der Waals surface area contributed by atoms with Crippen LogP contribution in [0.3, 0.4) is 0 Å². The Hall–Kier alpha value is -1.03. The van der Waals surface area contributed by atoms with Gasteiger partial charge in [-0.2, -0.15) is 0 Å². The Balaban J connectivity index is 2.03. The summed E-state index contributed by atoms with van der Waals surface area (Å²) in [5, 5.41) is 10.9. The Morgan fingerprint density at radius 2 is 2.06 bits per heavy atom. The fraction of sp³-hybridized carbons (Fsp3) is 0.643. The van der Waals surface area contributed by atoms with Crippen LogP contribution in [0, 0.1) is 5.41 Å². The second kappa shape index (κ2) is 4.92. The number of anilines is 1. The first-order valence-corrected chi connectivity index (χ1v) is 7.32. The fourth-order valence-corrected chi connectivity index (χ4v) is 3.38. The van der Waals surface area contributed by atoms with Crippen LogP contribution in [0.4, 0.5) is 5.69 Å². The number of carbonyl (C=O) groups is 1. The molecule has 1 saturated carbocycles. The molecule has 0 spiro atoms. The molecular formula is C14H21NO2S. The van der Waals surface area contributed by atoms with Gasteiger partial charge in [0.2, 0.25) is 0 Å². The van der Waals surface area contributed by atoms with Gasteiger partial charge in [-0.05, 0) is 37.2 Å². The number of aromatic carboxylic acids is 1. The van der Waals surface area contributed by atoms with Gasteiger partial charge in [0.1, 0.15) is 4.88 Å². The molecule has 0 atom stereocenters. The minimum Gasteiger partial charge on any atom is -0.477 e. The third-order valence-corrected chi connectivity index (χ3v) is 4.97. The maximum atomic E-state index is 10.9. The zero-order valence-electron chi connectivity index (χ0n) is 11.3. The lowest BCUT2D eigenvalue weighted by molar-refractivity contribution is 0.0702. The Morgan fingerprint density at radius 3 is 2.56 bits per heavy atom. The number of thiophene rings is 1. The molecule has 4 heteroatoms. The van der Waals surface area contributed by atoms with Gasteiger partial charge in [0.05, 0.1) is 0 Å². The number of nitrogens with zero attached hydrogens (tertiary/aromatic N) is 1. The van der Waals surface area contributed by atoms with E-state index in [9.17, 15) is 4.79 Å². The van der Waals surface area contributed by atoms with E-state index in [1.165, 1.54) is 37.0 Å². The van der Waals surface area contributed by atoms with E-state index in [4.69, 9.17) is 5.11 Å². The Labute approximate surface area is 112 Å². The average molecular weight is 267 g/mol. The molecule has 1 fully saturated rings. The van der Waals surface area contributed by atoms with Crippen LogP contribution in [0.15, 0.2) is 11.4 Å². The molecule has 0 bridgehead atoms. The quantitative estimate of drug-likeness (QED) is 0.904. The number of hydrogen-bond acceptors (Lipinski definition) is 3. The fourth-order valence-electron chi connectivity index (χ4n) is 2.61. The van der Waals surface area contributed by atoms with Gasteiger partial charge in [-0.3, -0.25) is 0 Å². The topological polar surface area (TPSA) is 40.5 Å². The van der Waals surface area contributed by atoms with Gasteiger partial charge >= 0.3 is 5.97 Å². The van der Waals surface area contributed by atoms with Crippen molar-refractivity contribution in [3.8, 4) is 0 Å². The van der Waals surface area contributed by atoms with E-state index in [0.29, 0.717) is 16.3 Å². The van der Waals surface area contributed by atoms with Gasteiger partial charge in [0.15, 0.2) is 0 Å². The van der Waals surface area contributed by atoms with E-state index in [0.717, 1.165) is 5.69 Å². The van der Waals surface area contributed by atoms with Crippen LogP contribution in [0.5, 0.6) is 0 Å². The third kappa shape index (κ3) is 2.86. The second-order valence-corrected chi connectivity index (χ2v) is 6.89. The molecule has 1 N–H and O–H groups in total. The molecule has 0 aromatic carbocycles. The van der Waals surface area contributed by atoms with Gasteiger partial charge in [-0.15, -0.1) is 11.3 Å². The van der Waals surface area contributed by atoms with E-state index < -0.39 is 5.97 Å². The molecule has 1 aliphatic rings. The summed E-state index contributed by atoms with van der Waals surface area (Å²) in [7, 11) is 2.08. The van der Waals surface area contributed by atoms with Crippen LogP contribution in [0.1, 0.15) is 49.2 Å². The van der Waals surface area contributed by atoms with Crippen LogP contribution in [0.2, 0.25) is 0 Å². The molecule has 2 rings (SSSR count). The highest BCUT2D eigenvalue weighted by molar-refractivity contribution is 7.12. The lowest BCUT2D eigenvalue weighted by Gasteiger charge is -2.39. The second-order valence-electron chi connectivity index (χ2n) is 5.98. The van der Waals surface area contributed by atoms with Crippen molar-refractivity contribution in [2.24, 2.45) is 5.41 Å². The van der Waals surface area contributed by atoms with E-state index in [-0.39, 0.29) is 0 Å². The number of carboxylic acid groups (broad SMARTS) is 1. The maximum Gasteiger partial charge on any atom is 0.345 e. The first-order valence-electron chi connectivity index (χ1n) is 6.44. The molecule has 1 heterocycles. The molecule has 1 aromatic rings. The van der Waals surface area contributed by atoms with Crippen molar-refractivity contribution in [3.05, 3.63) is 16.3 Å². The largest absolute Gasteiger partial charge is 0.477 e. The summed E-state index contributed by atoms with van der Waals surface area (Å²) in [5.41, 5.74) is 1.51. The molecule has 1 aliphatic carbocycles. The molecule has 0 saturated heterocycles. The molecule has 1 aromatic heterocycles. The highest BCUT2D eigenvalue weighted by Gasteiger charge is 2.29. The highest BCUT2D eigenvalue weighted by Crippen LogP contribution is 2.38. The summed E-state index contributed by atoms with van der Waals surface area (Å²) in [4.78, 5) is 13.6. The molecule has 0 aliphatic heterocycles. The van der Waals surface area contributed by atoms with E-state index >= 15 is 0 Å². The van der Waals surface area contributed by atoms with Crippen molar-refractivity contribution < 1.29 is 9.90 Å². The lowest BCUT2D eigenvalue weighted by Crippen LogP contribution is -2.37. The molecule has 0 unspecified atom stereocenters. The summed E-state index contributed by atoms with van der Waals surface area (Å²) in [6.45, 7) is 4.66. The van der Waals surface area contributed by atoms with Gasteiger partial charge in [0, 0.05) is 24.2 Å². The van der Waals surface area contributed by atoms with Crippen molar-refractivity contribution in [1.82, 2.24) is 0 Å². The van der Waals surface area contributed by atoms with Crippen molar-refractivity contribution >= 4 is 23.0 Å².